The second-order valence-corrected chi connectivity index (χ2v) is 6.05. The average Bonchev–Trinajstić information content (AvgIpc) is 2.64. The molecule has 1 atom stereocenters. The van der Waals surface area contributed by atoms with E-state index in [0.717, 1.165) is 12.8 Å². The number of nitrogens with zero attached hydrogens (tertiary/aromatic N) is 1. The van der Waals surface area contributed by atoms with Gasteiger partial charge in [-0.25, -0.2) is 0 Å². The molecule has 7 heteroatoms. The van der Waals surface area contributed by atoms with Gasteiger partial charge < -0.3 is 16.0 Å². The van der Waals surface area contributed by atoms with Crippen molar-refractivity contribution in [1.29, 1.82) is 0 Å². The van der Waals surface area contributed by atoms with E-state index in [0.29, 0.717) is 31.7 Å². The molecule has 1 heterocycles. The first-order valence-electron chi connectivity index (χ1n) is 8.45. The zero-order chi connectivity index (χ0) is 17.4. The highest BCUT2D eigenvalue weighted by atomic mass is 35.5. The Balaban J connectivity index is 0.00000312. The van der Waals surface area contributed by atoms with Crippen LogP contribution in [0, 0.1) is 5.92 Å². The third-order valence-corrected chi connectivity index (χ3v) is 4.25. The number of likely N-dealkylation sites (tertiary alicyclic amines) is 1. The zero-order valence-corrected chi connectivity index (χ0v) is 15.1. The largest absolute Gasteiger partial charge is 0.355 e. The number of halogens is 1. The molecule has 0 aliphatic carbocycles. The Bertz CT molecular complexity index is 580. The van der Waals surface area contributed by atoms with Crippen LogP contribution in [0.15, 0.2) is 30.3 Å². The van der Waals surface area contributed by atoms with E-state index >= 15 is 0 Å². The third kappa shape index (κ3) is 6.48. The molecule has 0 saturated carbocycles. The minimum Gasteiger partial charge on any atom is -0.355 e. The van der Waals surface area contributed by atoms with E-state index in [9.17, 15) is 14.4 Å². The molecule has 2 rings (SSSR count). The highest BCUT2D eigenvalue weighted by Gasteiger charge is 2.28. The molecular weight excluding hydrogens is 342 g/mol. The monoisotopic (exact) mass is 367 g/mol. The molecule has 1 aromatic carbocycles. The van der Waals surface area contributed by atoms with Crippen LogP contribution in [-0.4, -0.2) is 48.7 Å². The van der Waals surface area contributed by atoms with Gasteiger partial charge in [0.2, 0.25) is 11.8 Å². The molecular formula is C18H26ClN3O3. The summed E-state index contributed by atoms with van der Waals surface area (Å²) in [5.74, 6) is -0.314. The van der Waals surface area contributed by atoms with E-state index in [4.69, 9.17) is 5.73 Å². The quantitative estimate of drug-likeness (QED) is 0.712. The number of piperidine rings is 1. The van der Waals surface area contributed by atoms with Crippen LogP contribution in [0.3, 0.4) is 0 Å². The molecule has 0 radical (unpaired) electrons. The van der Waals surface area contributed by atoms with Gasteiger partial charge in [-0.2, -0.15) is 0 Å². The summed E-state index contributed by atoms with van der Waals surface area (Å²) in [4.78, 5) is 38.1. The van der Waals surface area contributed by atoms with Crippen molar-refractivity contribution in [2.75, 3.05) is 26.2 Å². The summed E-state index contributed by atoms with van der Waals surface area (Å²) in [6.45, 7) is 1.94. The molecule has 1 aliphatic rings. The van der Waals surface area contributed by atoms with Gasteiger partial charge in [-0.15, -0.1) is 12.4 Å². The fourth-order valence-electron chi connectivity index (χ4n) is 2.90. The molecule has 1 aliphatic heterocycles. The number of hydrogen-bond acceptors (Lipinski definition) is 4. The lowest BCUT2D eigenvalue weighted by Gasteiger charge is -2.32. The normalized spacial score (nSPS) is 16.7. The van der Waals surface area contributed by atoms with Gasteiger partial charge >= 0.3 is 0 Å². The van der Waals surface area contributed by atoms with Crippen molar-refractivity contribution in [3.63, 3.8) is 0 Å². The van der Waals surface area contributed by atoms with Crippen molar-refractivity contribution < 1.29 is 14.4 Å². The van der Waals surface area contributed by atoms with Crippen LogP contribution in [-0.2, 0) is 9.59 Å². The summed E-state index contributed by atoms with van der Waals surface area (Å²) in [6.07, 6.45) is 1.97. The lowest BCUT2D eigenvalue weighted by molar-refractivity contribution is -0.135. The summed E-state index contributed by atoms with van der Waals surface area (Å²) in [6, 6.07) is 8.98. The predicted molar refractivity (Wildman–Crippen MR) is 98.6 cm³/mol. The molecule has 138 valence electrons. The lowest BCUT2D eigenvalue weighted by Crippen LogP contribution is -2.46. The van der Waals surface area contributed by atoms with Gasteiger partial charge in [0.1, 0.15) is 0 Å². The molecule has 3 N–H and O–H groups in total. The van der Waals surface area contributed by atoms with Gasteiger partial charge in [0, 0.05) is 44.6 Å². The number of hydrogen-bond donors (Lipinski definition) is 2. The first kappa shape index (κ1) is 21.1. The zero-order valence-electron chi connectivity index (χ0n) is 14.3. The maximum atomic E-state index is 12.3. The second-order valence-electron chi connectivity index (χ2n) is 6.05. The van der Waals surface area contributed by atoms with Gasteiger partial charge in [-0.05, 0) is 12.8 Å². The number of carbonyl (C=O) groups excluding carboxylic acids is 3. The van der Waals surface area contributed by atoms with E-state index in [2.05, 4.69) is 5.32 Å². The maximum absolute atomic E-state index is 12.3. The van der Waals surface area contributed by atoms with Crippen LogP contribution < -0.4 is 11.1 Å². The number of nitrogens with two attached hydrogens (primary N) is 1. The van der Waals surface area contributed by atoms with Crippen LogP contribution in [0.25, 0.3) is 0 Å². The van der Waals surface area contributed by atoms with Crippen LogP contribution in [0.2, 0.25) is 0 Å². The van der Waals surface area contributed by atoms with Crippen LogP contribution in [0.5, 0.6) is 0 Å². The topological polar surface area (TPSA) is 92.5 Å². The van der Waals surface area contributed by atoms with Gasteiger partial charge in [0.15, 0.2) is 5.78 Å². The molecule has 25 heavy (non-hydrogen) atoms. The number of carbonyl (C=O) groups is 3. The van der Waals surface area contributed by atoms with E-state index in [1.807, 2.05) is 18.2 Å². The Labute approximate surface area is 154 Å². The highest BCUT2D eigenvalue weighted by Crippen LogP contribution is 2.18. The minimum atomic E-state index is -0.181. The van der Waals surface area contributed by atoms with E-state index in [-0.39, 0.29) is 48.8 Å². The summed E-state index contributed by atoms with van der Waals surface area (Å²) < 4.78 is 0. The number of benzene rings is 1. The van der Waals surface area contributed by atoms with Gasteiger partial charge in [-0.3, -0.25) is 14.4 Å². The van der Waals surface area contributed by atoms with Crippen LogP contribution >= 0.6 is 12.4 Å². The second kappa shape index (κ2) is 10.8. The number of Topliss-reactive ketones (excluding diaryl/α,β-unsaturated/α-hetero) is 1. The number of ketones is 1. The smallest absolute Gasteiger partial charge is 0.224 e. The fourth-order valence-corrected chi connectivity index (χ4v) is 2.90. The third-order valence-electron chi connectivity index (χ3n) is 4.25. The highest BCUT2D eigenvalue weighted by molar-refractivity contribution is 5.97. The van der Waals surface area contributed by atoms with Gasteiger partial charge in [-0.1, -0.05) is 30.3 Å². The van der Waals surface area contributed by atoms with Crippen molar-refractivity contribution in [3.05, 3.63) is 35.9 Å². The molecule has 1 fully saturated rings. The minimum absolute atomic E-state index is 0. The average molecular weight is 368 g/mol. The molecule has 0 spiro atoms. The van der Waals surface area contributed by atoms with Crippen molar-refractivity contribution >= 4 is 30.0 Å². The summed E-state index contributed by atoms with van der Waals surface area (Å²) in [7, 11) is 0. The number of amides is 2. The van der Waals surface area contributed by atoms with Gasteiger partial charge in [0.05, 0.1) is 5.92 Å². The van der Waals surface area contributed by atoms with Gasteiger partial charge in [0.25, 0.3) is 0 Å². The number of nitrogens with one attached hydrogen (secondary N) is 1. The SMILES string of the molecule is Cl.NCCNC(=O)C1CCCN(C(=O)CCC(=O)c2ccccc2)C1. The van der Waals surface area contributed by atoms with E-state index in [1.54, 1.807) is 17.0 Å². The van der Waals surface area contributed by atoms with Crippen molar-refractivity contribution in [2.24, 2.45) is 11.7 Å². The maximum Gasteiger partial charge on any atom is 0.224 e. The fraction of sp³-hybridized carbons (Fsp3) is 0.500. The van der Waals surface area contributed by atoms with Crippen LogP contribution in [0.1, 0.15) is 36.0 Å². The van der Waals surface area contributed by atoms with Crippen molar-refractivity contribution in [2.45, 2.75) is 25.7 Å². The molecule has 2 amide bonds. The Morgan fingerprint density at radius 1 is 1.16 bits per heavy atom. The Kier molecular flexibility index (Phi) is 9.16. The van der Waals surface area contributed by atoms with Crippen LogP contribution in [0.4, 0.5) is 0 Å². The van der Waals surface area contributed by atoms with Crippen molar-refractivity contribution in [3.8, 4) is 0 Å². The molecule has 0 aromatic heterocycles. The Hall–Kier alpha value is -1.92. The molecule has 1 saturated heterocycles. The Morgan fingerprint density at radius 3 is 2.56 bits per heavy atom. The summed E-state index contributed by atoms with van der Waals surface area (Å²) >= 11 is 0. The number of rotatable bonds is 7. The molecule has 0 bridgehead atoms. The van der Waals surface area contributed by atoms with E-state index in [1.165, 1.54) is 0 Å². The van der Waals surface area contributed by atoms with Crippen molar-refractivity contribution in [1.82, 2.24) is 10.2 Å². The molecule has 6 nitrogen and oxygen atoms in total. The lowest BCUT2D eigenvalue weighted by atomic mass is 9.96. The standard InChI is InChI=1S/C18H25N3O3.ClH/c19-10-11-20-18(24)15-7-4-12-21(13-15)17(23)9-8-16(22)14-5-2-1-3-6-14;/h1-3,5-6,15H,4,7-13,19H2,(H,20,24);1H. The summed E-state index contributed by atoms with van der Waals surface area (Å²) in [5, 5.41) is 2.78. The Morgan fingerprint density at radius 2 is 1.88 bits per heavy atom. The molecule has 1 aromatic rings. The summed E-state index contributed by atoms with van der Waals surface area (Å²) in [5.41, 5.74) is 6.01. The predicted octanol–water partition coefficient (Wildman–Crippen LogP) is 1.38. The first-order valence-corrected chi connectivity index (χ1v) is 8.45. The van der Waals surface area contributed by atoms with E-state index < -0.39 is 0 Å². The molecule has 1 unspecified atom stereocenters. The first-order chi connectivity index (χ1) is 11.6.